The summed E-state index contributed by atoms with van der Waals surface area (Å²) >= 11 is 6.98. The molecule has 0 amide bonds. The van der Waals surface area contributed by atoms with Crippen molar-refractivity contribution in [2.45, 2.75) is 6.61 Å². The number of carbonyl (C=O) groups is 1. The Kier molecular flexibility index (Phi) is 5.92. The second-order valence-corrected chi connectivity index (χ2v) is 7.94. The highest BCUT2D eigenvalue weighted by Crippen LogP contribution is 2.27. The van der Waals surface area contributed by atoms with E-state index in [9.17, 15) is 4.79 Å². The fourth-order valence-electron chi connectivity index (χ4n) is 2.81. The van der Waals surface area contributed by atoms with Crippen molar-refractivity contribution in [2.24, 2.45) is 4.99 Å². The minimum Gasteiger partial charge on any atom is -0.488 e. The predicted molar refractivity (Wildman–Crippen MR) is 120 cm³/mol. The van der Waals surface area contributed by atoms with Crippen LogP contribution in [-0.2, 0) is 16.1 Å². The summed E-state index contributed by atoms with van der Waals surface area (Å²) in [7, 11) is 0. The number of ether oxygens (including phenoxy) is 2. The topological polar surface area (TPSA) is 47.9 Å². The molecule has 0 fully saturated rings. The standard InChI is InChI=1S/C23H15Br2NO3/c24-18-10-4-1-8-16(18)14-28-21-12-6-2-7-15(21)13-20-23(27)29-22(26-20)17-9-3-5-11-19(17)25/h1-13H,14H2/b20-13-. The Labute approximate surface area is 185 Å². The highest BCUT2D eigenvalue weighted by molar-refractivity contribution is 9.10. The van der Waals surface area contributed by atoms with Crippen LogP contribution < -0.4 is 4.74 Å². The van der Waals surface area contributed by atoms with E-state index < -0.39 is 5.97 Å². The van der Waals surface area contributed by atoms with Gasteiger partial charge < -0.3 is 9.47 Å². The van der Waals surface area contributed by atoms with Crippen molar-refractivity contribution in [1.29, 1.82) is 0 Å². The first-order chi connectivity index (χ1) is 14.1. The molecule has 0 bridgehead atoms. The third kappa shape index (κ3) is 4.49. The Morgan fingerprint density at radius 1 is 0.897 bits per heavy atom. The third-order valence-corrected chi connectivity index (χ3v) is 5.74. The zero-order valence-corrected chi connectivity index (χ0v) is 18.3. The second kappa shape index (κ2) is 8.76. The molecule has 144 valence electrons. The first-order valence-corrected chi connectivity index (χ1v) is 10.4. The molecule has 1 aliphatic rings. The lowest BCUT2D eigenvalue weighted by molar-refractivity contribution is -0.129. The van der Waals surface area contributed by atoms with Gasteiger partial charge in [0.15, 0.2) is 5.70 Å². The third-order valence-electron chi connectivity index (χ3n) is 4.28. The van der Waals surface area contributed by atoms with Gasteiger partial charge in [0.25, 0.3) is 0 Å². The van der Waals surface area contributed by atoms with Crippen LogP contribution in [0.4, 0.5) is 0 Å². The molecule has 1 aliphatic heterocycles. The van der Waals surface area contributed by atoms with Gasteiger partial charge in [-0.3, -0.25) is 0 Å². The van der Waals surface area contributed by atoms with Crippen molar-refractivity contribution in [3.05, 3.63) is 104 Å². The van der Waals surface area contributed by atoms with Crippen LogP contribution in [0.5, 0.6) is 5.75 Å². The monoisotopic (exact) mass is 511 g/mol. The maximum atomic E-state index is 12.3. The van der Waals surface area contributed by atoms with Gasteiger partial charge in [-0.25, -0.2) is 9.79 Å². The van der Waals surface area contributed by atoms with E-state index in [0.717, 1.165) is 25.6 Å². The lowest BCUT2D eigenvalue weighted by atomic mass is 10.1. The van der Waals surface area contributed by atoms with Gasteiger partial charge in [0.1, 0.15) is 12.4 Å². The molecule has 3 aromatic rings. The first kappa shape index (κ1) is 19.6. The molecule has 0 saturated carbocycles. The van der Waals surface area contributed by atoms with E-state index in [1.54, 1.807) is 6.08 Å². The predicted octanol–water partition coefficient (Wildman–Crippen LogP) is 6.14. The molecule has 4 rings (SSSR count). The van der Waals surface area contributed by atoms with Crippen molar-refractivity contribution in [3.63, 3.8) is 0 Å². The Balaban J connectivity index is 1.61. The van der Waals surface area contributed by atoms with E-state index in [1.807, 2.05) is 72.8 Å². The van der Waals surface area contributed by atoms with Crippen molar-refractivity contribution in [3.8, 4) is 5.75 Å². The van der Waals surface area contributed by atoms with Gasteiger partial charge >= 0.3 is 5.97 Å². The zero-order chi connectivity index (χ0) is 20.2. The summed E-state index contributed by atoms with van der Waals surface area (Å²) in [6, 6.07) is 22.9. The van der Waals surface area contributed by atoms with Crippen LogP contribution in [-0.4, -0.2) is 11.9 Å². The molecule has 0 radical (unpaired) electrons. The summed E-state index contributed by atoms with van der Waals surface area (Å²) in [6.45, 7) is 0.400. The smallest absolute Gasteiger partial charge is 0.363 e. The van der Waals surface area contributed by atoms with Crippen LogP contribution >= 0.6 is 31.9 Å². The molecule has 4 nitrogen and oxygen atoms in total. The Morgan fingerprint density at radius 3 is 2.38 bits per heavy atom. The maximum absolute atomic E-state index is 12.3. The highest BCUT2D eigenvalue weighted by atomic mass is 79.9. The largest absolute Gasteiger partial charge is 0.488 e. The summed E-state index contributed by atoms with van der Waals surface area (Å²) in [5, 5.41) is 0. The van der Waals surface area contributed by atoms with Gasteiger partial charge in [-0.2, -0.15) is 0 Å². The summed E-state index contributed by atoms with van der Waals surface area (Å²) in [6.07, 6.45) is 1.68. The van der Waals surface area contributed by atoms with E-state index in [4.69, 9.17) is 9.47 Å². The lowest BCUT2D eigenvalue weighted by Crippen LogP contribution is -2.06. The number of benzene rings is 3. The van der Waals surface area contributed by atoms with Gasteiger partial charge in [-0.1, -0.05) is 64.5 Å². The van der Waals surface area contributed by atoms with Crippen molar-refractivity contribution >= 4 is 49.8 Å². The van der Waals surface area contributed by atoms with E-state index in [1.165, 1.54) is 0 Å². The first-order valence-electron chi connectivity index (χ1n) is 8.84. The van der Waals surface area contributed by atoms with Crippen LogP contribution in [0, 0.1) is 0 Å². The van der Waals surface area contributed by atoms with Crippen LogP contribution in [0.3, 0.4) is 0 Å². The Morgan fingerprint density at radius 2 is 1.59 bits per heavy atom. The molecule has 1 heterocycles. The summed E-state index contributed by atoms with van der Waals surface area (Å²) < 4.78 is 13.2. The van der Waals surface area contributed by atoms with Crippen molar-refractivity contribution < 1.29 is 14.3 Å². The molecular formula is C23H15Br2NO3. The fourth-order valence-corrected chi connectivity index (χ4v) is 3.66. The van der Waals surface area contributed by atoms with E-state index >= 15 is 0 Å². The number of rotatable bonds is 5. The number of cyclic esters (lactones) is 1. The SMILES string of the molecule is O=C1OC(c2ccccc2Br)=N/C1=C\c1ccccc1OCc1ccccc1Br. The Bertz CT molecular complexity index is 1140. The van der Waals surface area contributed by atoms with Crippen molar-refractivity contribution in [2.75, 3.05) is 0 Å². The molecule has 0 aliphatic carbocycles. The zero-order valence-electron chi connectivity index (χ0n) is 15.1. The number of nitrogens with zero attached hydrogens (tertiary/aromatic N) is 1. The second-order valence-electron chi connectivity index (χ2n) is 6.23. The Hall–Kier alpha value is -2.70. The molecule has 0 spiro atoms. The highest BCUT2D eigenvalue weighted by Gasteiger charge is 2.25. The van der Waals surface area contributed by atoms with Crippen LogP contribution in [0.2, 0.25) is 0 Å². The molecule has 3 aromatic carbocycles. The number of hydrogen-bond donors (Lipinski definition) is 0. The van der Waals surface area contributed by atoms with E-state index in [2.05, 4.69) is 36.9 Å². The minimum atomic E-state index is -0.489. The van der Waals surface area contributed by atoms with Crippen LogP contribution in [0.15, 0.2) is 92.4 Å². The molecule has 29 heavy (non-hydrogen) atoms. The number of aliphatic imine (C=N–C) groups is 1. The minimum absolute atomic E-state index is 0.229. The number of para-hydroxylation sites is 1. The molecular weight excluding hydrogens is 498 g/mol. The van der Waals surface area contributed by atoms with E-state index in [0.29, 0.717) is 12.4 Å². The van der Waals surface area contributed by atoms with Gasteiger partial charge in [-0.05, 0) is 46.3 Å². The number of hydrogen-bond acceptors (Lipinski definition) is 4. The average Bonchev–Trinajstić information content (AvgIpc) is 3.09. The fraction of sp³-hybridized carbons (Fsp3) is 0.0435. The molecule has 0 N–H and O–H groups in total. The molecule has 0 atom stereocenters. The number of esters is 1. The van der Waals surface area contributed by atoms with Crippen LogP contribution in [0.25, 0.3) is 6.08 Å². The van der Waals surface area contributed by atoms with Gasteiger partial charge in [0.2, 0.25) is 5.90 Å². The quantitative estimate of drug-likeness (QED) is 0.305. The number of halogens is 2. The van der Waals surface area contributed by atoms with Crippen LogP contribution in [0.1, 0.15) is 16.7 Å². The average molecular weight is 513 g/mol. The number of carbonyl (C=O) groups excluding carboxylic acids is 1. The molecule has 0 unspecified atom stereocenters. The maximum Gasteiger partial charge on any atom is 0.363 e. The van der Waals surface area contributed by atoms with Gasteiger partial charge in [-0.15, -0.1) is 0 Å². The lowest BCUT2D eigenvalue weighted by Gasteiger charge is -2.10. The van der Waals surface area contributed by atoms with Gasteiger partial charge in [0, 0.05) is 20.1 Å². The molecule has 0 aromatic heterocycles. The summed E-state index contributed by atoms with van der Waals surface area (Å²) in [5.74, 6) is 0.449. The summed E-state index contributed by atoms with van der Waals surface area (Å²) in [4.78, 5) is 16.7. The normalized spacial score (nSPS) is 14.6. The summed E-state index contributed by atoms with van der Waals surface area (Å²) in [5.41, 5.74) is 2.74. The van der Waals surface area contributed by atoms with Gasteiger partial charge in [0.05, 0.1) is 5.56 Å². The molecule has 6 heteroatoms. The van der Waals surface area contributed by atoms with Crippen molar-refractivity contribution in [1.82, 2.24) is 0 Å². The molecule has 0 saturated heterocycles. The van der Waals surface area contributed by atoms with E-state index in [-0.39, 0.29) is 11.6 Å².